The number of hydrogen-bond acceptors (Lipinski definition) is 3. The van der Waals surface area contributed by atoms with Crippen molar-refractivity contribution in [2.75, 3.05) is 0 Å². The number of carbonyl (C=O) groups excluding carboxylic acids is 1. The summed E-state index contributed by atoms with van der Waals surface area (Å²) in [6.07, 6.45) is 6.39. The Bertz CT molecular complexity index is 622. The second-order valence-electron chi connectivity index (χ2n) is 6.83. The highest BCUT2D eigenvalue weighted by Crippen LogP contribution is 2.37. The summed E-state index contributed by atoms with van der Waals surface area (Å²) in [5.41, 5.74) is 9.85. The second kappa shape index (κ2) is 7.67. The van der Waals surface area contributed by atoms with Gasteiger partial charge in [0.15, 0.2) is 0 Å². The van der Waals surface area contributed by atoms with Gasteiger partial charge in [-0.1, -0.05) is 49.4 Å². The van der Waals surface area contributed by atoms with E-state index < -0.39 is 0 Å². The molecule has 1 aromatic rings. The molecule has 1 saturated heterocycles. The first kappa shape index (κ1) is 16.8. The number of azide groups is 1. The van der Waals surface area contributed by atoms with Gasteiger partial charge in [-0.05, 0) is 35.6 Å². The Kier molecular flexibility index (Phi) is 5.36. The van der Waals surface area contributed by atoms with Gasteiger partial charge in [0.25, 0.3) is 0 Å². The van der Waals surface area contributed by atoms with Crippen LogP contribution in [0.5, 0.6) is 0 Å². The highest BCUT2D eigenvalue weighted by atomic mass is 19.1. The lowest BCUT2D eigenvalue weighted by atomic mass is 9.78. The minimum atomic E-state index is -0.352. The molecule has 6 heteroatoms. The summed E-state index contributed by atoms with van der Waals surface area (Å²) in [6, 6.07) is 5.94. The topological polar surface area (TPSA) is 75.1 Å². The van der Waals surface area contributed by atoms with Crippen molar-refractivity contribution >= 4 is 5.97 Å². The van der Waals surface area contributed by atoms with Crippen molar-refractivity contribution < 1.29 is 13.9 Å². The quantitative estimate of drug-likeness (QED) is 0.343. The van der Waals surface area contributed by atoms with Gasteiger partial charge < -0.3 is 4.74 Å². The molecule has 128 valence electrons. The molecule has 0 radical (unpaired) electrons. The molecule has 1 unspecified atom stereocenters. The summed E-state index contributed by atoms with van der Waals surface area (Å²) in [6.45, 7) is 0. The Balaban J connectivity index is 1.67. The Hall–Kier alpha value is -2.07. The van der Waals surface area contributed by atoms with Crippen LogP contribution >= 0.6 is 0 Å². The number of benzene rings is 1. The zero-order valence-corrected chi connectivity index (χ0v) is 13.6. The predicted molar refractivity (Wildman–Crippen MR) is 87.6 cm³/mol. The van der Waals surface area contributed by atoms with Crippen molar-refractivity contribution in [3.05, 3.63) is 46.1 Å². The summed E-state index contributed by atoms with van der Waals surface area (Å²) >= 11 is 0. The van der Waals surface area contributed by atoms with Crippen molar-refractivity contribution in [1.29, 1.82) is 0 Å². The largest absolute Gasteiger partial charge is 0.462 e. The van der Waals surface area contributed by atoms with Crippen molar-refractivity contribution in [2.24, 2.45) is 17.0 Å². The van der Waals surface area contributed by atoms with Crippen LogP contribution in [0.4, 0.5) is 4.39 Å². The van der Waals surface area contributed by atoms with Crippen molar-refractivity contribution in [2.45, 2.75) is 57.1 Å². The lowest BCUT2D eigenvalue weighted by Gasteiger charge is -2.29. The molecular weight excluding hydrogens is 309 g/mol. The first-order valence-corrected chi connectivity index (χ1v) is 8.66. The standard InChI is InChI=1S/C18H22FN3O2/c19-14-8-6-12(7-9-14)10-15-11-16(18(23)24-15)17(21-22-20)13-4-2-1-3-5-13/h6-9,13,15-17H,1-5,10-11H2/t15-,16-,17?/m1/s1. The molecule has 0 spiro atoms. The van der Waals surface area contributed by atoms with Crippen LogP contribution in [0.1, 0.15) is 44.1 Å². The molecule has 3 atom stereocenters. The molecule has 0 bridgehead atoms. The van der Waals surface area contributed by atoms with Crippen LogP contribution in [0.2, 0.25) is 0 Å². The smallest absolute Gasteiger partial charge is 0.309 e. The van der Waals surface area contributed by atoms with E-state index in [1.807, 2.05) is 0 Å². The number of hydrogen-bond donors (Lipinski definition) is 0. The number of nitrogens with zero attached hydrogens (tertiary/aromatic N) is 3. The van der Waals surface area contributed by atoms with Crippen LogP contribution in [0.15, 0.2) is 29.4 Å². The molecule has 3 rings (SSSR count). The number of ether oxygens (including phenoxy) is 1. The summed E-state index contributed by atoms with van der Waals surface area (Å²) < 4.78 is 18.5. The number of rotatable bonds is 5. The van der Waals surface area contributed by atoms with Gasteiger partial charge in [-0.3, -0.25) is 4.79 Å². The summed E-state index contributed by atoms with van der Waals surface area (Å²) in [5.74, 6) is -0.614. The van der Waals surface area contributed by atoms with Crippen LogP contribution in [-0.2, 0) is 16.0 Å². The fourth-order valence-electron chi connectivity index (χ4n) is 4.01. The normalized spacial score (nSPS) is 25.8. The Morgan fingerprint density at radius 2 is 1.96 bits per heavy atom. The Morgan fingerprint density at radius 1 is 1.25 bits per heavy atom. The third kappa shape index (κ3) is 3.88. The molecule has 1 heterocycles. The van der Waals surface area contributed by atoms with E-state index in [4.69, 9.17) is 10.3 Å². The van der Waals surface area contributed by atoms with E-state index >= 15 is 0 Å². The monoisotopic (exact) mass is 331 g/mol. The first-order valence-electron chi connectivity index (χ1n) is 8.66. The number of carbonyl (C=O) groups is 1. The van der Waals surface area contributed by atoms with Gasteiger partial charge in [0.1, 0.15) is 11.9 Å². The average molecular weight is 331 g/mol. The van der Waals surface area contributed by atoms with Gasteiger partial charge in [-0.2, -0.15) is 0 Å². The van der Waals surface area contributed by atoms with Crippen LogP contribution in [0, 0.1) is 17.7 Å². The molecule has 2 aliphatic rings. The summed E-state index contributed by atoms with van der Waals surface area (Å²) in [4.78, 5) is 15.3. The van der Waals surface area contributed by atoms with Crippen LogP contribution < -0.4 is 0 Å². The molecular formula is C18H22FN3O2. The summed E-state index contributed by atoms with van der Waals surface area (Å²) in [5, 5.41) is 3.96. The number of cyclic esters (lactones) is 1. The predicted octanol–water partition coefficient (Wildman–Crippen LogP) is 4.56. The zero-order valence-electron chi connectivity index (χ0n) is 13.6. The molecule has 1 aliphatic carbocycles. The molecule has 0 aromatic heterocycles. The van der Waals surface area contributed by atoms with Crippen molar-refractivity contribution in [3.63, 3.8) is 0 Å². The third-order valence-electron chi connectivity index (χ3n) is 5.21. The highest BCUT2D eigenvalue weighted by Gasteiger charge is 2.42. The lowest BCUT2D eigenvalue weighted by molar-refractivity contribution is -0.145. The van der Waals surface area contributed by atoms with Crippen molar-refractivity contribution in [1.82, 2.24) is 0 Å². The van der Waals surface area contributed by atoms with E-state index in [1.165, 1.54) is 18.6 Å². The van der Waals surface area contributed by atoms with E-state index in [1.54, 1.807) is 12.1 Å². The number of esters is 1. The SMILES string of the molecule is [N-]=[N+]=NC(C1CCCCC1)[C@H]1C[C@@H](Cc2ccc(F)cc2)OC1=O. The minimum absolute atomic E-state index is 0.229. The fourth-order valence-corrected chi connectivity index (χ4v) is 4.01. The number of halogens is 1. The Morgan fingerprint density at radius 3 is 2.62 bits per heavy atom. The maximum atomic E-state index is 13.0. The molecule has 0 N–H and O–H groups in total. The van der Waals surface area contributed by atoms with E-state index in [2.05, 4.69) is 10.0 Å². The molecule has 1 aliphatic heterocycles. The van der Waals surface area contributed by atoms with E-state index in [9.17, 15) is 9.18 Å². The summed E-state index contributed by atoms with van der Waals surface area (Å²) in [7, 11) is 0. The molecule has 0 amide bonds. The molecule has 24 heavy (non-hydrogen) atoms. The van der Waals surface area contributed by atoms with Gasteiger partial charge in [0.2, 0.25) is 0 Å². The maximum Gasteiger partial charge on any atom is 0.309 e. The van der Waals surface area contributed by atoms with Gasteiger partial charge in [-0.25, -0.2) is 4.39 Å². The van der Waals surface area contributed by atoms with Crippen molar-refractivity contribution in [3.8, 4) is 0 Å². The minimum Gasteiger partial charge on any atom is -0.462 e. The van der Waals surface area contributed by atoms with Crippen LogP contribution in [-0.4, -0.2) is 18.1 Å². The molecule has 2 fully saturated rings. The van der Waals surface area contributed by atoms with Gasteiger partial charge in [0, 0.05) is 11.3 Å². The fraction of sp³-hybridized carbons (Fsp3) is 0.611. The van der Waals surface area contributed by atoms with E-state index in [0.29, 0.717) is 12.8 Å². The Labute approximate surface area is 140 Å². The van der Waals surface area contributed by atoms with Crippen LogP contribution in [0.25, 0.3) is 10.4 Å². The maximum absolute atomic E-state index is 13.0. The lowest BCUT2D eigenvalue weighted by Crippen LogP contribution is -2.31. The van der Waals surface area contributed by atoms with E-state index in [0.717, 1.165) is 31.2 Å². The molecule has 5 nitrogen and oxygen atoms in total. The average Bonchev–Trinajstić information content (AvgIpc) is 2.95. The van der Waals surface area contributed by atoms with Gasteiger partial charge in [-0.15, -0.1) is 0 Å². The zero-order chi connectivity index (χ0) is 16.9. The highest BCUT2D eigenvalue weighted by molar-refractivity contribution is 5.75. The van der Waals surface area contributed by atoms with E-state index in [-0.39, 0.29) is 35.8 Å². The third-order valence-corrected chi connectivity index (χ3v) is 5.21. The molecule has 1 saturated carbocycles. The second-order valence-corrected chi connectivity index (χ2v) is 6.83. The van der Waals surface area contributed by atoms with Gasteiger partial charge in [0.05, 0.1) is 12.0 Å². The van der Waals surface area contributed by atoms with Gasteiger partial charge >= 0.3 is 5.97 Å². The first-order chi connectivity index (χ1) is 11.7. The van der Waals surface area contributed by atoms with Crippen LogP contribution in [0.3, 0.4) is 0 Å². The molecule has 1 aromatic carbocycles.